The molecular weight excluding hydrogens is 308 g/mol. The van der Waals surface area contributed by atoms with Gasteiger partial charge in [-0.3, -0.25) is 9.59 Å². The molecule has 2 nitrogen and oxygen atoms in total. The molecule has 0 aliphatic rings. The minimum atomic E-state index is -0.285. The van der Waals surface area contributed by atoms with Crippen molar-refractivity contribution >= 4 is 46.0 Å². The summed E-state index contributed by atoms with van der Waals surface area (Å²) in [6.45, 7) is 1.85. The quantitative estimate of drug-likeness (QED) is 0.568. The van der Waals surface area contributed by atoms with Crippen molar-refractivity contribution in [1.29, 1.82) is 0 Å². The Hall–Kier alpha value is -1.17. The van der Waals surface area contributed by atoms with Crippen LogP contribution in [0.25, 0.3) is 0 Å². The zero-order valence-corrected chi connectivity index (χ0v) is 13.6. The molecule has 0 aliphatic heterocycles. The number of Topliss-reactive ketones (excluding diaryl/α,β-unsaturated/α-hetero) is 1. The first kappa shape index (κ1) is 15.2. The lowest BCUT2D eigenvalue weighted by Crippen LogP contribution is -2.12. The van der Waals surface area contributed by atoms with Gasteiger partial charge in [0.15, 0.2) is 11.6 Å². The smallest absolute Gasteiger partial charge is 0.196 e. The second-order valence-corrected chi connectivity index (χ2v) is 6.93. The lowest BCUT2D eigenvalue weighted by atomic mass is 10.0. The van der Waals surface area contributed by atoms with Crippen molar-refractivity contribution in [3.8, 4) is 0 Å². The third kappa shape index (κ3) is 3.48. The number of carbonyl (C=O) groups is 2. The average Bonchev–Trinajstić information content (AvgIpc) is 3.15. The fourth-order valence-corrected chi connectivity index (χ4v) is 3.82. The molecule has 0 aromatic carbocycles. The lowest BCUT2D eigenvalue weighted by Gasteiger charge is -2.11. The molecular formula is C15H14O2S3. The highest BCUT2D eigenvalue weighted by atomic mass is 32.2. The molecule has 2 heterocycles. The van der Waals surface area contributed by atoms with Crippen molar-refractivity contribution in [1.82, 2.24) is 0 Å². The number of thioether (sulfide) groups is 1. The van der Waals surface area contributed by atoms with Crippen molar-refractivity contribution in [2.24, 2.45) is 5.92 Å². The Morgan fingerprint density at radius 2 is 1.75 bits per heavy atom. The van der Waals surface area contributed by atoms with Crippen LogP contribution in [-0.4, -0.2) is 17.8 Å². The Morgan fingerprint density at radius 3 is 2.25 bits per heavy atom. The third-order valence-corrected chi connectivity index (χ3v) is 5.57. The minimum absolute atomic E-state index is 0.0322. The fourth-order valence-electron chi connectivity index (χ4n) is 1.74. The van der Waals surface area contributed by atoms with E-state index >= 15 is 0 Å². The first-order chi connectivity index (χ1) is 9.63. The first-order valence-electron chi connectivity index (χ1n) is 6.04. The molecule has 0 amide bonds. The number of rotatable bonds is 6. The molecule has 0 radical (unpaired) electrons. The van der Waals surface area contributed by atoms with Crippen molar-refractivity contribution in [2.75, 3.05) is 6.26 Å². The highest BCUT2D eigenvalue weighted by Gasteiger charge is 2.21. The van der Waals surface area contributed by atoms with Crippen LogP contribution < -0.4 is 0 Å². The highest BCUT2D eigenvalue weighted by molar-refractivity contribution is 8.02. The number of allylic oxidation sites excluding steroid dienone is 2. The van der Waals surface area contributed by atoms with E-state index in [0.29, 0.717) is 4.88 Å². The minimum Gasteiger partial charge on any atom is -0.293 e. The largest absolute Gasteiger partial charge is 0.293 e. The number of carbonyl (C=O) groups excluding carboxylic acids is 2. The monoisotopic (exact) mass is 322 g/mol. The second-order valence-electron chi connectivity index (χ2n) is 4.16. The summed E-state index contributed by atoms with van der Waals surface area (Å²) < 4.78 is 0. The maximum Gasteiger partial charge on any atom is 0.196 e. The molecule has 0 fully saturated rings. The summed E-state index contributed by atoms with van der Waals surface area (Å²) in [5.41, 5.74) is 0. The van der Waals surface area contributed by atoms with Gasteiger partial charge in [-0.25, -0.2) is 0 Å². The van der Waals surface area contributed by atoms with Gasteiger partial charge in [0.05, 0.1) is 15.7 Å². The number of hydrogen-bond donors (Lipinski definition) is 0. The topological polar surface area (TPSA) is 34.1 Å². The fraction of sp³-hybridized carbons (Fsp3) is 0.200. The molecule has 2 rings (SSSR count). The van der Waals surface area contributed by atoms with Crippen molar-refractivity contribution in [3.05, 3.63) is 55.8 Å². The van der Waals surface area contributed by atoms with E-state index in [-0.39, 0.29) is 17.5 Å². The van der Waals surface area contributed by atoms with Gasteiger partial charge in [0.2, 0.25) is 0 Å². The Labute approximate surface area is 130 Å². The van der Waals surface area contributed by atoms with Gasteiger partial charge in [0.25, 0.3) is 0 Å². The molecule has 104 valence electrons. The van der Waals surface area contributed by atoms with E-state index in [1.165, 1.54) is 34.4 Å². The standard InChI is InChI=1S/C15H14O2S3/c1-10(15(17)13-6-4-8-20-13)14(18-2)9-11(16)12-5-3-7-19-12/h3-10H,1-2H3/b14-9+/t10-/m0/s1. The summed E-state index contributed by atoms with van der Waals surface area (Å²) in [5, 5.41) is 3.76. The van der Waals surface area contributed by atoms with E-state index in [9.17, 15) is 9.59 Å². The molecule has 0 aliphatic carbocycles. The Morgan fingerprint density at radius 1 is 1.15 bits per heavy atom. The van der Waals surface area contributed by atoms with E-state index in [1.807, 2.05) is 42.1 Å². The van der Waals surface area contributed by atoms with E-state index in [4.69, 9.17) is 0 Å². The molecule has 1 atom stereocenters. The van der Waals surface area contributed by atoms with E-state index in [2.05, 4.69) is 0 Å². The summed E-state index contributed by atoms with van der Waals surface area (Å²) in [4.78, 5) is 26.7. The van der Waals surface area contributed by atoms with Gasteiger partial charge >= 0.3 is 0 Å². The Bertz CT molecular complexity index is 610. The van der Waals surface area contributed by atoms with Gasteiger partial charge in [-0.05, 0) is 40.1 Å². The van der Waals surface area contributed by atoms with Crippen LogP contribution in [0.3, 0.4) is 0 Å². The van der Waals surface area contributed by atoms with Gasteiger partial charge in [-0.1, -0.05) is 19.1 Å². The van der Waals surface area contributed by atoms with Crippen LogP contribution in [0.1, 0.15) is 26.3 Å². The van der Waals surface area contributed by atoms with Crippen LogP contribution in [0.2, 0.25) is 0 Å². The van der Waals surface area contributed by atoms with Gasteiger partial charge in [-0.15, -0.1) is 34.4 Å². The lowest BCUT2D eigenvalue weighted by molar-refractivity contribution is 0.0955. The van der Waals surface area contributed by atoms with Crippen LogP contribution in [0.4, 0.5) is 0 Å². The zero-order valence-electron chi connectivity index (χ0n) is 11.2. The molecule has 0 saturated heterocycles. The van der Waals surface area contributed by atoms with Gasteiger partial charge in [-0.2, -0.15) is 0 Å². The van der Waals surface area contributed by atoms with Crippen LogP contribution in [0.5, 0.6) is 0 Å². The summed E-state index contributed by atoms with van der Waals surface area (Å²) in [7, 11) is 0. The van der Waals surface area contributed by atoms with Crippen LogP contribution in [0, 0.1) is 5.92 Å². The molecule has 0 unspecified atom stereocenters. The highest BCUT2D eigenvalue weighted by Crippen LogP contribution is 2.27. The summed E-state index contributed by atoms with van der Waals surface area (Å²) in [5.74, 6) is -0.248. The van der Waals surface area contributed by atoms with Gasteiger partial charge in [0, 0.05) is 0 Å². The van der Waals surface area contributed by atoms with E-state index < -0.39 is 0 Å². The maximum absolute atomic E-state index is 12.3. The van der Waals surface area contributed by atoms with Crippen molar-refractivity contribution in [3.63, 3.8) is 0 Å². The van der Waals surface area contributed by atoms with E-state index in [1.54, 1.807) is 12.1 Å². The van der Waals surface area contributed by atoms with Crippen molar-refractivity contribution in [2.45, 2.75) is 6.92 Å². The molecule has 2 aromatic heterocycles. The number of hydrogen-bond acceptors (Lipinski definition) is 5. The Balaban J connectivity index is 2.19. The molecule has 0 N–H and O–H groups in total. The van der Waals surface area contributed by atoms with Gasteiger partial charge in [0.1, 0.15) is 0 Å². The molecule has 20 heavy (non-hydrogen) atoms. The zero-order chi connectivity index (χ0) is 14.5. The molecule has 2 aromatic rings. The SMILES string of the molecule is CS/C(=C/C(=O)c1cccs1)[C@H](C)C(=O)c1cccs1. The van der Waals surface area contributed by atoms with Crippen LogP contribution in [-0.2, 0) is 0 Å². The van der Waals surface area contributed by atoms with Crippen molar-refractivity contribution < 1.29 is 9.59 Å². The molecule has 0 bridgehead atoms. The molecule has 0 spiro atoms. The molecule has 5 heteroatoms. The summed E-state index contributed by atoms with van der Waals surface area (Å²) >= 11 is 4.31. The third-order valence-electron chi connectivity index (χ3n) is 2.86. The predicted molar refractivity (Wildman–Crippen MR) is 88.1 cm³/mol. The van der Waals surface area contributed by atoms with Crippen LogP contribution in [0.15, 0.2) is 46.0 Å². The van der Waals surface area contributed by atoms with Gasteiger partial charge < -0.3 is 0 Å². The maximum atomic E-state index is 12.3. The second kappa shape index (κ2) is 7.02. The number of thiophene rings is 2. The predicted octanol–water partition coefficient (Wildman–Crippen LogP) is 4.76. The number of ketones is 2. The summed E-state index contributed by atoms with van der Waals surface area (Å²) in [6.07, 6.45) is 3.48. The first-order valence-corrected chi connectivity index (χ1v) is 9.03. The normalized spacial score (nSPS) is 13.2. The average molecular weight is 322 g/mol. The van der Waals surface area contributed by atoms with Crippen LogP contribution >= 0.6 is 34.4 Å². The molecule has 0 saturated carbocycles. The Kier molecular flexibility index (Phi) is 5.34. The van der Waals surface area contributed by atoms with E-state index in [0.717, 1.165) is 9.78 Å². The summed E-state index contributed by atoms with van der Waals surface area (Å²) in [6, 6.07) is 7.34.